The molecule has 3 amide bonds. The van der Waals surface area contributed by atoms with E-state index in [1.807, 2.05) is 5.32 Å². The smallest absolute Gasteiger partial charge is 0.328 e. The van der Waals surface area contributed by atoms with Crippen LogP contribution < -0.4 is 21.7 Å². The van der Waals surface area contributed by atoms with Crippen molar-refractivity contribution in [3.63, 3.8) is 0 Å². The summed E-state index contributed by atoms with van der Waals surface area (Å²) in [5.74, 6) is -5.59. The van der Waals surface area contributed by atoms with Gasteiger partial charge in [-0.15, -0.1) is 0 Å². The molecule has 0 saturated carbocycles. The van der Waals surface area contributed by atoms with E-state index in [2.05, 4.69) is 20.6 Å². The van der Waals surface area contributed by atoms with Gasteiger partial charge in [-0.2, -0.15) is 0 Å². The summed E-state index contributed by atoms with van der Waals surface area (Å²) < 4.78 is 0. The van der Waals surface area contributed by atoms with Crippen LogP contribution in [0.15, 0.2) is 12.5 Å². The minimum absolute atomic E-state index is 0.0611. The molecule has 1 aromatic rings. The number of aliphatic carboxylic acids is 2. The van der Waals surface area contributed by atoms with E-state index < -0.39 is 66.9 Å². The lowest BCUT2D eigenvalue weighted by Crippen LogP contribution is -2.55. The van der Waals surface area contributed by atoms with Gasteiger partial charge in [0.1, 0.15) is 6.04 Å². The number of aromatic nitrogens is 2. The average molecular weight is 428 g/mol. The highest BCUT2D eigenvalue weighted by atomic mass is 16.4. The molecule has 0 fully saturated rings. The van der Waals surface area contributed by atoms with Gasteiger partial charge < -0.3 is 42.0 Å². The minimum Gasteiger partial charge on any atom is -0.481 e. The van der Waals surface area contributed by atoms with Gasteiger partial charge in [0, 0.05) is 18.3 Å². The highest BCUT2D eigenvalue weighted by Gasteiger charge is 2.28. The number of imidazole rings is 1. The molecular weight excluding hydrogens is 404 g/mol. The highest BCUT2D eigenvalue weighted by Crippen LogP contribution is 1.99. The number of amides is 3. The molecular formula is C16H24N6O8. The molecule has 0 saturated heterocycles. The minimum atomic E-state index is -1.59. The first-order valence-electron chi connectivity index (χ1n) is 8.74. The number of rotatable bonds is 12. The standard InChI is InChI=1S/C16H24N6O8/c1-7(23)13(16(29)30)22-11(24)5-19-15(28)10(3-12(25)26)21-14(27)9(17)2-8-4-18-6-20-8/h4,6-7,9-10,13,23H,2-3,5,17H2,1H3,(H,18,20)(H,19,28)(H,21,27)(H,22,24)(H,25,26)(H,29,30). The Balaban J connectivity index is 2.65. The highest BCUT2D eigenvalue weighted by molar-refractivity contribution is 5.94. The zero-order chi connectivity index (χ0) is 22.8. The number of carbonyl (C=O) groups is 5. The van der Waals surface area contributed by atoms with Crippen molar-refractivity contribution in [2.45, 2.75) is 44.0 Å². The van der Waals surface area contributed by atoms with Crippen LogP contribution in [0.25, 0.3) is 0 Å². The molecule has 14 heteroatoms. The maximum Gasteiger partial charge on any atom is 0.328 e. The van der Waals surface area contributed by atoms with Crippen molar-refractivity contribution in [1.82, 2.24) is 25.9 Å². The van der Waals surface area contributed by atoms with Gasteiger partial charge in [-0.05, 0) is 6.92 Å². The summed E-state index contributed by atoms with van der Waals surface area (Å²) in [5, 5.41) is 33.5. The average Bonchev–Trinajstić information content (AvgIpc) is 3.15. The lowest BCUT2D eigenvalue weighted by molar-refractivity contribution is -0.145. The second-order valence-electron chi connectivity index (χ2n) is 6.39. The van der Waals surface area contributed by atoms with Crippen LogP contribution >= 0.6 is 0 Å². The van der Waals surface area contributed by atoms with E-state index in [1.54, 1.807) is 0 Å². The molecule has 4 atom stereocenters. The van der Waals surface area contributed by atoms with E-state index in [0.29, 0.717) is 5.69 Å². The number of aromatic amines is 1. The number of nitrogens with zero attached hydrogens (tertiary/aromatic N) is 1. The molecule has 0 aliphatic heterocycles. The van der Waals surface area contributed by atoms with E-state index in [9.17, 15) is 29.1 Å². The Morgan fingerprint density at radius 2 is 1.83 bits per heavy atom. The zero-order valence-electron chi connectivity index (χ0n) is 16.0. The van der Waals surface area contributed by atoms with Crippen LogP contribution in [0.4, 0.5) is 0 Å². The van der Waals surface area contributed by atoms with E-state index in [4.69, 9.17) is 15.9 Å². The molecule has 1 aromatic heterocycles. The lowest BCUT2D eigenvalue weighted by Gasteiger charge is -2.20. The first-order valence-corrected chi connectivity index (χ1v) is 8.74. The summed E-state index contributed by atoms with van der Waals surface area (Å²) in [4.78, 5) is 64.7. The van der Waals surface area contributed by atoms with Crippen LogP contribution in [0.2, 0.25) is 0 Å². The zero-order valence-corrected chi connectivity index (χ0v) is 16.0. The fourth-order valence-corrected chi connectivity index (χ4v) is 2.29. The number of carboxylic acid groups (broad SMARTS) is 2. The Morgan fingerprint density at radius 3 is 2.33 bits per heavy atom. The van der Waals surface area contributed by atoms with Gasteiger partial charge in [0.15, 0.2) is 6.04 Å². The molecule has 0 radical (unpaired) electrons. The third kappa shape index (κ3) is 8.24. The number of H-pyrrole nitrogens is 1. The van der Waals surface area contributed by atoms with E-state index in [-0.39, 0.29) is 6.42 Å². The topological polar surface area (TPSA) is 237 Å². The summed E-state index contributed by atoms with van der Waals surface area (Å²) in [6, 6.07) is -4.22. The van der Waals surface area contributed by atoms with E-state index in [1.165, 1.54) is 12.5 Å². The van der Waals surface area contributed by atoms with Gasteiger partial charge in [-0.3, -0.25) is 19.2 Å². The number of nitrogens with two attached hydrogens (primary N) is 1. The molecule has 14 nitrogen and oxygen atoms in total. The maximum atomic E-state index is 12.2. The summed E-state index contributed by atoms with van der Waals surface area (Å²) in [7, 11) is 0. The Labute approximate surface area is 170 Å². The second-order valence-corrected chi connectivity index (χ2v) is 6.39. The molecule has 0 aliphatic carbocycles. The van der Waals surface area contributed by atoms with Crippen molar-refractivity contribution >= 4 is 29.7 Å². The number of carbonyl (C=O) groups excluding carboxylic acids is 3. The van der Waals surface area contributed by atoms with E-state index >= 15 is 0 Å². The molecule has 0 bridgehead atoms. The van der Waals surface area contributed by atoms with Crippen LogP contribution in [-0.2, 0) is 30.4 Å². The number of hydrogen-bond acceptors (Lipinski definition) is 8. The van der Waals surface area contributed by atoms with Crippen molar-refractivity contribution in [2.75, 3.05) is 6.54 Å². The van der Waals surface area contributed by atoms with Crippen molar-refractivity contribution in [1.29, 1.82) is 0 Å². The molecule has 4 unspecified atom stereocenters. The number of hydrogen-bond donors (Lipinski definition) is 8. The molecule has 0 aromatic carbocycles. The molecule has 30 heavy (non-hydrogen) atoms. The Hall–Kier alpha value is -3.52. The van der Waals surface area contributed by atoms with Crippen LogP contribution in [0.3, 0.4) is 0 Å². The van der Waals surface area contributed by atoms with Gasteiger partial charge in [0.25, 0.3) is 0 Å². The summed E-state index contributed by atoms with van der Waals surface area (Å²) in [5.41, 5.74) is 6.29. The molecule has 1 rings (SSSR count). The largest absolute Gasteiger partial charge is 0.481 e. The quantitative estimate of drug-likeness (QED) is 0.162. The summed E-state index contributed by atoms with van der Waals surface area (Å²) in [6.07, 6.45) is 0.730. The second kappa shape index (κ2) is 11.5. The Bertz CT molecular complexity index is 766. The van der Waals surface area contributed by atoms with Gasteiger partial charge >= 0.3 is 11.9 Å². The van der Waals surface area contributed by atoms with Crippen molar-refractivity contribution < 1.29 is 39.3 Å². The normalized spacial score (nSPS) is 14.6. The number of nitrogens with one attached hydrogen (secondary N) is 4. The van der Waals surface area contributed by atoms with Crippen molar-refractivity contribution in [3.8, 4) is 0 Å². The van der Waals surface area contributed by atoms with Gasteiger partial charge in [0.05, 0.1) is 31.4 Å². The SMILES string of the molecule is CC(O)C(NC(=O)CNC(=O)C(CC(=O)O)NC(=O)C(N)Cc1cnc[nH]1)C(=O)O. The third-order valence-corrected chi connectivity index (χ3v) is 3.83. The van der Waals surface area contributed by atoms with Gasteiger partial charge in [0.2, 0.25) is 17.7 Å². The number of carboxylic acids is 2. The van der Waals surface area contributed by atoms with Crippen LogP contribution in [0.1, 0.15) is 19.0 Å². The summed E-state index contributed by atoms with van der Waals surface area (Å²) >= 11 is 0. The predicted octanol–water partition coefficient (Wildman–Crippen LogP) is -3.69. The number of aliphatic hydroxyl groups excluding tert-OH is 1. The van der Waals surface area contributed by atoms with Crippen LogP contribution in [-0.4, -0.2) is 85.7 Å². The summed E-state index contributed by atoms with van der Waals surface area (Å²) in [6.45, 7) is 0.449. The lowest BCUT2D eigenvalue weighted by atomic mass is 10.1. The molecule has 166 valence electrons. The molecule has 9 N–H and O–H groups in total. The van der Waals surface area contributed by atoms with Gasteiger partial charge in [-0.25, -0.2) is 9.78 Å². The Kier molecular flexibility index (Phi) is 9.38. The molecule has 0 spiro atoms. The van der Waals surface area contributed by atoms with Crippen LogP contribution in [0.5, 0.6) is 0 Å². The first-order chi connectivity index (χ1) is 14.0. The third-order valence-electron chi connectivity index (χ3n) is 3.83. The maximum absolute atomic E-state index is 12.2. The van der Waals surface area contributed by atoms with Gasteiger partial charge in [-0.1, -0.05) is 0 Å². The molecule has 0 aliphatic rings. The predicted molar refractivity (Wildman–Crippen MR) is 98.7 cm³/mol. The number of aliphatic hydroxyl groups is 1. The Morgan fingerprint density at radius 1 is 1.17 bits per heavy atom. The van der Waals surface area contributed by atoms with Crippen molar-refractivity contribution in [3.05, 3.63) is 18.2 Å². The van der Waals surface area contributed by atoms with E-state index in [0.717, 1.165) is 6.92 Å². The monoisotopic (exact) mass is 428 g/mol. The van der Waals surface area contributed by atoms with Crippen LogP contribution in [0, 0.1) is 0 Å². The van der Waals surface area contributed by atoms with Crippen molar-refractivity contribution in [2.24, 2.45) is 5.73 Å². The molecule has 1 heterocycles. The fraction of sp³-hybridized carbons (Fsp3) is 0.500. The fourth-order valence-electron chi connectivity index (χ4n) is 2.29. The first kappa shape index (κ1) is 24.5.